The Bertz CT molecular complexity index is 1120. The average molecular weight is 418 g/mol. The van der Waals surface area contributed by atoms with Gasteiger partial charge in [0.25, 0.3) is 15.6 Å². The molecule has 0 saturated heterocycles. The Morgan fingerprint density at radius 2 is 1.86 bits per heavy atom. The number of ether oxygens (including phenoxy) is 1. The number of benzene rings is 2. The summed E-state index contributed by atoms with van der Waals surface area (Å²) in [6.07, 6.45) is 4.05. The molecule has 1 heterocycles. The highest BCUT2D eigenvalue weighted by molar-refractivity contribution is 7.85. The highest BCUT2D eigenvalue weighted by Gasteiger charge is 2.22. The zero-order valence-electron chi connectivity index (χ0n) is 16.7. The molecule has 0 fully saturated rings. The number of aryl methyl sites for hydroxylation is 1. The summed E-state index contributed by atoms with van der Waals surface area (Å²) in [5, 5.41) is 0. The summed E-state index contributed by atoms with van der Waals surface area (Å²) in [6, 6.07) is 13.6. The van der Waals surface area contributed by atoms with Crippen LogP contribution < -0.4 is 14.2 Å². The van der Waals surface area contributed by atoms with Crippen molar-refractivity contribution in [3.05, 3.63) is 53.9 Å². The molecule has 0 atom stereocenters. The maximum absolute atomic E-state index is 11.1. The summed E-state index contributed by atoms with van der Waals surface area (Å²) >= 11 is 0. The third-order valence-electron chi connectivity index (χ3n) is 4.55. The van der Waals surface area contributed by atoms with E-state index in [-0.39, 0.29) is 12.2 Å². The number of methoxy groups -OCH3 is 1. The van der Waals surface area contributed by atoms with Crippen molar-refractivity contribution in [3.63, 3.8) is 0 Å². The van der Waals surface area contributed by atoms with Crippen molar-refractivity contribution in [1.29, 1.82) is 0 Å². The second-order valence-corrected chi connectivity index (χ2v) is 8.46. The Labute approximate surface area is 170 Å². The Balaban J connectivity index is 1.93. The van der Waals surface area contributed by atoms with E-state index in [9.17, 15) is 8.42 Å². The van der Waals surface area contributed by atoms with E-state index >= 15 is 0 Å². The van der Waals surface area contributed by atoms with Gasteiger partial charge in [0.2, 0.25) is 5.58 Å². The molecule has 0 saturated carbocycles. The van der Waals surface area contributed by atoms with Crippen LogP contribution in [0.4, 0.5) is 5.69 Å². The number of aromatic nitrogens is 1. The van der Waals surface area contributed by atoms with Crippen molar-refractivity contribution in [2.45, 2.75) is 13.0 Å². The largest absolute Gasteiger partial charge is 0.497 e. The molecule has 0 radical (unpaired) electrons. The molecule has 2 aromatic carbocycles. The third kappa shape index (κ3) is 5.36. The van der Waals surface area contributed by atoms with Crippen LogP contribution in [-0.2, 0) is 16.7 Å². The minimum Gasteiger partial charge on any atom is -0.497 e. The molecule has 29 heavy (non-hydrogen) atoms. The van der Waals surface area contributed by atoms with Gasteiger partial charge in [0.15, 0.2) is 6.54 Å². The van der Waals surface area contributed by atoms with Crippen molar-refractivity contribution in [3.8, 4) is 5.75 Å². The molecule has 1 N–H and O–H groups in total. The molecule has 3 rings (SSSR count). The first kappa shape index (κ1) is 20.9. The van der Waals surface area contributed by atoms with E-state index in [4.69, 9.17) is 13.7 Å². The van der Waals surface area contributed by atoms with E-state index in [0.29, 0.717) is 23.8 Å². The number of anilines is 1. The molecule has 8 heteroatoms. The van der Waals surface area contributed by atoms with Crippen LogP contribution >= 0.6 is 0 Å². The molecule has 154 valence electrons. The van der Waals surface area contributed by atoms with Crippen molar-refractivity contribution >= 4 is 39.1 Å². The van der Waals surface area contributed by atoms with Gasteiger partial charge in [-0.15, -0.1) is 0 Å². The van der Waals surface area contributed by atoms with Crippen LogP contribution in [0.25, 0.3) is 23.3 Å². The van der Waals surface area contributed by atoms with Crippen LogP contribution in [0.15, 0.2) is 46.9 Å². The monoisotopic (exact) mass is 417 g/mol. The average Bonchev–Trinajstić information content (AvgIpc) is 3.02. The van der Waals surface area contributed by atoms with Crippen molar-refractivity contribution in [2.24, 2.45) is 0 Å². The maximum atomic E-state index is 11.1. The van der Waals surface area contributed by atoms with E-state index in [1.165, 1.54) is 0 Å². The fourth-order valence-electron chi connectivity index (χ4n) is 3.02. The smallest absolute Gasteiger partial charge is 0.374 e. The van der Waals surface area contributed by atoms with Gasteiger partial charge in [-0.3, -0.25) is 4.55 Å². The molecule has 7 nitrogen and oxygen atoms in total. The number of oxazole rings is 1. The number of hydrogen-bond donors (Lipinski definition) is 1. The second kappa shape index (κ2) is 8.67. The molecular weight excluding hydrogens is 392 g/mol. The number of nitrogens with zero attached hydrogens (tertiary/aromatic N) is 2. The van der Waals surface area contributed by atoms with Crippen LogP contribution in [0, 0.1) is 0 Å². The number of rotatable bonds is 8. The first-order valence-electron chi connectivity index (χ1n) is 9.18. The first-order chi connectivity index (χ1) is 13.8. The van der Waals surface area contributed by atoms with Gasteiger partial charge in [-0.2, -0.15) is 13.0 Å². The lowest BCUT2D eigenvalue weighted by Gasteiger charge is -2.11. The summed E-state index contributed by atoms with van der Waals surface area (Å²) in [7, 11) is 1.55. The maximum Gasteiger partial charge on any atom is 0.374 e. The predicted molar refractivity (Wildman–Crippen MR) is 114 cm³/mol. The third-order valence-corrected chi connectivity index (χ3v) is 5.35. The zero-order valence-corrected chi connectivity index (χ0v) is 17.5. The van der Waals surface area contributed by atoms with Gasteiger partial charge in [-0.05, 0) is 35.9 Å². The van der Waals surface area contributed by atoms with Crippen LogP contribution in [0.2, 0.25) is 0 Å². The minimum absolute atomic E-state index is 0.258. The molecular formula is C21H25N2O5S+. The van der Waals surface area contributed by atoms with Crippen LogP contribution in [0.1, 0.15) is 17.9 Å². The molecule has 0 aliphatic heterocycles. The number of hydrogen-bond acceptors (Lipinski definition) is 5. The molecule has 0 unspecified atom stereocenters. The molecule has 0 bridgehead atoms. The van der Waals surface area contributed by atoms with Crippen molar-refractivity contribution in [2.75, 3.05) is 31.9 Å². The fraction of sp³-hybridized carbons (Fsp3) is 0.286. The Hall–Kier alpha value is -2.84. The standard InChI is InChI=1S/C21H24N2O5S/c1-22(2)17-8-5-16(6-9-17)7-12-21-23(13-4-14-29(24,25)26)19-15-18(27-3)10-11-20(19)28-21/h5-12,15H,4,13-14H2,1-3H3/p+1. The van der Waals surface area contributed by atoms with E-state index in [1.54, 1.807) is 7.11 Å². The van der Waals surface area contributed by atoms with Gasteiger partial charge in [-0.25, -0.2) is 0 Å². The summed E-state index contributed by atoms with van der Waals surface area (Å²) in [5.74, 6) is 0.947. The van der Waals surface area contributed by atoms with Gasteiger partial charge < -0.3 is 14.1 Å². The summed E-state index contributed by atoms with van der Waals surface area (Å²) in [6.45, 7) is 0.374. The van der Waals surface area contributed by atoms with Crippen molar-refractivity contribution in [1.82, 2.24) is 0 Å². The zero-order chi connectivity index (χ0) is 21.0. The van der Waals surface area contributed by atoms with Gasteiger partial charge >= 0.3 is 5.89 Å². The van der Waals surface area contributed by atoms with Crippen LogP contribution in [-0.4, -0.2) is 39.9 Å². The molecule has 0 aliphatic carbocycles. The normalized spacial score (nSPS) is 12.0. The SMILES string of the molecule is COc1ccc2oc(/C=C/c3ccc(N(C)C)cc3)[n+](CCCS(=O)(=O)O)c2c1. The lowest BCUT2D eigenvalue weighted by molar-refractivity contribution is -0.677. The topological polar surface area (TPSA) is 83.9 Å². The van der Waals surface area contributed by atoms with Gasteiger partial charge in [-0.1, -0.05) is 12.1 Å². The van der Waals surface area contributed by atoms with E-state index in [1.807, 2.05) is 78.2 Å². The summed E-state index contributed by atoms with van der Waals surface area (Å²) in [5.41, 5.74) is 3.58. The summed E-state index contributed by atoms with van der Waals surface area (Å²) in [4.78, 5) is 2.03. The quantitative estimate of drug-likeness (QED) is 0.447. The van der Waals surface area contributed by atoms with Crippen LogP contribution in [0.5, 0.6) is 5.75 Å². The second-order valence-electron chi connectivity index (χ2n) is 6.88. The minimum atomic E-state index is -4.01. The van der Waals surface area contributed by atoms with E-state index < -0.39 is 10.1 Å². The lowest BCUT2D eigenvalue weighted by atomic mass is 10.2. The fourth-order valence-corrected chi connectivity index (χ4v) is 3.51. The van der Waals surface area contributed by atoms with E-state index in [0.717, 1.165) is 16.8 Å². The van der Waals surface area contributed by atoms with E-state index in [2.05, 4.69) is 0 Å². The molecule has 0 amide bonds. The van der Waals surface area contributed by atoms with Crippen LogP contribution in [0.3, 0.4) is 0 Å². The van der Waals surface area contributed by atoms with Gasteiger partial charge in [0.05, 0.1) is 25.0 Å². The number of fused-ring (bicyclic) bond motifs is 1. The summed E-state index contributed by atoms with van der Waals surface area (Å²) < 4.78 is 44.3. The molecule has 0 aliphatic rings. The Kier molecular flexibility index (Phi) is 6.24. The Morgan fingerprint density at radius 1 is 1.14 bits per heavy atom. The molecule has 1 aromatic heterocycles. The molecule has 3 aromatic rings. The highest BCUT2D eigenvalue weighted by Crippen LogP contribution is 2.22. The van der Waals surface area contributed by atoms with Gasteiger partial charge in [0, 0.05) is 26.2 Å². The Morgan fingerprint density at radius 3 is 2.48 bits per heavy atom. The van der Waals surface area contributed by atoms with Gasteiger partial charge in [0.1, 0.15) is 5.75 Å². The lowest BCUT2D eigenvalue weighted by Crippen LogP contribution is -2.36. The molecule has 0 spiro atoms. The first-order valence-corrected chi connectivity index (χ1v) is 10.8. The highest BCUT2D eigenvalue weighted by atomic mass is 32.2. The predicted octanol–water partition coefficient (Wildman–Crippen LogP) is 3.24. The van der Waals surface area contributed by atoms with Crippen molar-refractivity contribution < 1.29 is 26.7 Å².